The van der Waals surface area contributed by atoms with E-state index in [2.05, 4.69) is 76.2 Å². The Kier molecular flexibility index (Phi) is 10.4. The van der Waals surface area contributed by atoms with Crippen molar-refractivity contribution in [3.05, 3.63) is 61.2 Å². The molecule has 1 unspecified atom stereocenters. The molecule has 0 aliphatic carbocycles. The maximum Gasteiger partial charge on any atom is 0.413 e. The highest BCUT2D eigenvalue weighted by molar-refractivity contribution is 6.82. The zero-order valence-corrected chi connectivity index (χ0v) is 32.9. The van der Waals surface area contributed by atoms with Gasteiger partial charge < -0.3 is 18.6 Å². The van der Waals surface area contributed by atoms with Crippen LogP contribution in [0.25, 0.3) is 33.3 Å². The van der Waals surface area contributed by atoms with Crippen LogP contribution in [0.15, 0.2) is 61.2 Å². The number of aromatic nitrogens is 3. The highest BCUT2D eigenvalue weighted by Gasteiger charge is 2.46. The number of hydrogen-bond acceptors (Lipinski definition) is 6. The molecule has 51 heavy (non-hydrogen) atoms. The van der Waals surface area contributed by atoms with Gasteiger partial charge in [0, 0.05) is 66.1 Å². The van der Waals surface area contributed by atoms with Gasteiger partial charge in [-0.3, -0.25) is 14.7 Å². The Balaban J connectivity index is 1.47. The standard InChI is InChI=1S/C41H55N5O4Si/c1-27(2)51(28(3)4,29(5)6)46-22-19-34-38(32-23-31(24-42-25-32)30-15-17-33(18-16-30)44-21-12-13-36(44)47)35(26-43-39(34)46)49-37-14-10-11-20-45(37)40(48)50-41(7,8)9/h15-19,22-29,37H,10-14,20-21H2,1-9H3. The summed E-state index contributed by atoms with van der Waals surface area (Å²) in [5, 5.41) is 1.01. The fourth-order valence-electron chi connectivity index (χ4n) is 8.79. The minimum Gasteiger partial charge on any atom is -0.468 e. The maximum atomic E-state index is 13.4. The summed E-state index contributed by atoms with van der Waals surface area (Å²) in [5.74, 6) is 0.795. The molecule has 10 heteroatoms. The Morgan fingerprint density at radius 1 is 0.863 bits per heavy atom. The van der Waals surface area contributed by atoms with Crippen molar-refractivity contribution >= 4 is 37.0 Å². The van der Waals surface area contributed by atoms with Gasteiger partial charge in [0.05, 0.1) is 6.20 Å². The van der Waals surface area contributed by atoms with Crippen LogP contribution in [-0.4, -0.2) is 64.3 Å². The molecule has 0 N–H and O–H groups in total. The Morgan fingerprint density at radius 2 is 1.55 bits per heavy atom. The first kappa shape index (κ1) is 36.6. The third kappa shape index (κ3) is 7.04. The van der Waals surface area contributed by atoms with Gasteiger partial charge in [-0.2, -0.15) is 0 Å². The zero-order chi connectivity index (χ0) is 36.7. The van der Waals surface area contributed by atoms with Crippen LogP contribution in [0, 0.1) is 0 Å². The molecule has 2 amide bonds. The second-order valence-electron chi connectivity index (χ2n) is 16.2. The number of pyridine rings is 2. The van der Waals surface area contributed by atoms with Crippen LogP contribution in [0.2, 0.25) is 16.6 Å². The molecule has 2 aliphatic rings. The van der Waals surface area contributed by atoms with Gasteiger partial charge >= 0.3 is 6.09 Å². The van der Waals surface area contributed by atoms with Gasteiger partial charge in [0.2, 0.25) is 5.91 Å². The van der Waals surface area contributed by atoms with E-state index in [1.165, 1.54) is 0 Å². The molecule has 2 fully saturated rings. The van der Waals surface area contributed by atoms with Crippen molar-refractivity contribution in [1.29, 1.82) is 0 Å². The second-order valence-corrected chi connectivity index (χ2v) is 21.9. The third-order valence-electron chi connectivity index (χ3n) is 10.8. The fraction of sp³-hybridized carbons (Fsp3) is 0.512. The highest BCUT2D eigenvalue weighted by Crippen LogP contribution is 2.46. The molecule has 6 rings (SSSR count). The summed E-state index contributed by atoms with van der Waals surface area (Å²) in [7, 11) is -2.13. The van der Waals surface area contributed by atoms with Gasteiger partial charge in [-0.25, -0.2) is 9.78 Å². The van der Waals surface area contributed by atoms with Crippen molar-refractivity contribution in [2.24, 2.45) is 0 Å². The van der Waals surface area contributed by atoms with Crippen LogP contribution in [0.3, 0.4) is 0 Å². The predicted molar refractivity (Wildman–Crippen MR) is 208 cm³/mol. The highest BCUT2D eigenvalue weighted by atomic mass is 28.3. The van der Waals surface area contributed by atoms with Crippen LogP contribution in [-0.2, 0) is 9.53 Å². The number of rotatable bonds is 9. The Bertz CT molecular complexity index is 1860. The van der Waals surface area contributed by atoms with Crippen LogP contribution in [0.1, 0.15) is 94.4 Å². The van der Waals surface area contributed by atoms with Gasteiger partial charge in [0.15, 0.2) is 14.5 Å². The molecule has 4 aromatic rings. The van der Waals surface area contributed by atoms with Crippen LogP contribution >= 0.6 is 0 Å². The van der Waals surface area contributed by atoms with Crippen molar-refractivity contribution in [3.63, 3.8) is 0 Å². The molecule has 0 bridgehead atoms. The average molecular weight is 710 g/mol. The first-order valence-electron chi connectivity index (χ1n) is 18.8. The van der Waals surface area contributed by atoms with Crippen molar-refractivity contribution < 1.29 is 19.1 Å². The summed E-state index contributed by atoms with van der Waals surface area (Å²) in [6, 6.07) is 12.5. The lowest BCUT2D eigenvalue weighted by atomic mass is 10.00. The number of fused-ring (bicyclic) bond motifs is 1. The monoisotopic (exact) mass is 709 g/mol. The minimum atomic E-state index is -2.13. The third-order valence-corrected chi connectivity index (χ3v) is 17.6. The molecule has 2 saturated heterocycles. The van der Waals surface area contributed by atoms with Gasteiger partial charge in [0.1, 0.15) is 17.0 Å². The number of ether oxygens (including phenoxy) is 2. The van der Waals surface area contributed by atoms with Crippen molar-refractivity contribution in [2.75, 3.05) is 18.0 Å². The minimum absolute atomic E-state index is 0.176. The number of nitrogens with zero attached hydrogens (tertiary/aromatic N) is 5. The normalized spacial score (nSPS) is 17.3. The molecule has 0 spiro atoms. The molecule has 1 atom stereocenters. The van der Waals surface area contributed by atoms with Gasteiger partial charge in [0.25, 0.3) is 0 Å². The molecular weight excluding hydrogens is 655 g/mol. The van der Waals surface area contributed by atoms with Crippen molar-refractivity contribution in [2.45, 2.75) is 123 Å². The number of amides is 2. The molecular formula is C41H55N5O4Si. The molecule has 3 aromatic heterocycles. The molecule has 5 heterocycles. The maximum absolute atomic E-state index is 13.4. The zero-order valence-electron chi connectivity index (χ0n) is 31.9. The number of piperidine rings is 1. The van der Waals surface area contributed by atoms with E-state index in [9.17, 15) is 9.59 Å². The Morgan fingerprint density at radius 3 is 2.18 bits per heavy atom. The van der Waals surface area contributed by atoms with Gasteiger partial charge in [-0.15, -0.1) is 0 Å². The van der Waals surface area contributed by atoms with E-state index >= 15 is 0 Å². The lowest BCUT2D eigenvalue weighted by molar-refractivity contribution is -0.117. The van der Waals surface area contributed by atoms with Crippen LogP contribution in [0.5, 0.6) is 5.75 Å². The van der Waals surface area contributed by atoms with Crippen LogP contribution < -0.4 is 9.64 Å². The lowest BCUT2D eigenvalue weighted by Crippen LogP contribution is -2.51. The van der Waals surface area contributed by atoms with Crippen LogP contribution in [0.4, 0.5) is 10.5 Å². The molecule has 1 aromatic carbocycles. The number of carbonyl (C=O) groups is 2. The molecule has 2 aliphatic heterocycles. The molecule has 0 saturated carbocycles. The summed E-state index contributed by atoms with van der Waals surface area (Å²) in [6.07, 6.45) is 11.1. The lowest BCUT2D eigenvalue weighted by Gasteiger charge is -2.44. The molecule has 9 nitrogen and oxygen atoms in total. The number of likely N-dealkylation sites (tertiary alicyclic amines) is 1. The SMILES string of the molecule is CC(C)[Si](C(C)C)(C(C)C)n1ccc2c(-c3cncc(-c4ccc(N5CCCC5=O)cc4)c3)c(OC3CCCCN3C(=O)OC(C)(C)C)cnc21. The van der Waals surface area contributed by atoms with E-state index in [1.54, 1.807) is 4.90 Å². The number of anilines is 1. The summed E-state index contributed by atoms with van der Waals surface area (Å²) < 4.78 is 15.2. The van der Waals surface area contributed by atoms with Crippen molar-refractivity contribution in [1.82, 2.24) is 19.1 Å². The van der Waals surface area contributed by atoms with Gasteiger partial charge in [-0.05, 0) is 92.7 Å². The van der Waals surface area contributed by atoms with E-state index in [0.717, 1.165) is 64.8 Å². The first-order chi connectivity index (χ1) is 24.2. The summed E-state index contributed by atoms with van der Waals surface area (Å²) in [6.45, 7) is 21.2. The summed E-state index contributed by atoms with van der Waals surface area (Å²) in [4.78, 5) is 39.3. The number of hydrogen-bond donors (Lipinski definition) is 0. The fourth-order valence-corrected chi connectivity index (χ4v) is 15.3. The quantitative estimate of drug-likeness (QED) is 0.161. The van der Waals surface area contributed by atoms with E-state index in [-0.39, 0.29) is 12.0 Å². The summed E-state index contributed by atoms with van der Waals surface area (Å²) in [5.41, 5.74) is 6.55. The Hall–Kier alpha value is -4.18. The number of carbonyl (C=O) groups excluding carboxylic acids is 2. The van der Waals surface area contributed by atoms with Gasteiger partial charge in [-0.1, -0.05) is 53.7 Å². The largest absolute Gasteiger partial charge is 0.468 e. The molecule has 272 valence electrons. The van der Waals surface area contributed by atoms with E-state index in [4.69, 9.17) is 19.4 Å². The van der Waals surface area contributed by atoms with E-state index in [1.807, 2.05) is 56.4 Å². The van der Waals surface area contributed by atoms with Crippen molar-refractivity contribution in [3.8, 4) is 28.0 Å². The Labute approximate surface area is 304 Å². The number of benzene rings is 1. The topological polar surface area (TPSA) is 89.8 Å². The van der Waals surface area contributed by atoms with E-state index < -0.39 is 20.1 Å². The molecule has 0 radical (unpaired) electrons. The predicted octanol–water partition coefficient (Wildman–Crippen LogP) is 10.0. The van der Waals surface area contributed by atoms with E-state index in [0.29, 0.717) is 41.8 Å². The summed E-state index contributed by atoms with van der Waals surface area (Å²) >= 11 is 0. The first-order valence-corrected chi connectivity index (χ1v) is 20.9. The smallest absolute Gasteiger partial charge is 0.413 e. The average Bonchev–Trinajstić information content (AvgIpc) is 3.70. The second kappa shape index (κ2) is 14.4.